The molecule has 0 spiro atoms. The maximum atomic E-state index is 5.21. The second-order valence-corrected chi connectivity index (χ2v) is 3.54. The van der Waals surface area contributed by atoms with Crippen molar-refractivity contribution in [2.75, 3.05) is 19.6 Å². The van der Waals surface area contributed by atoms with E-state index in [2.05, 4.69) is 39.9 Å². The third kappa shape index (κ3) is 56.4. The van der Waals surface area contributed by atoms with Crippen molar-refractivity contribution in [1.29, 1.82) is 0 Å². The summed E-state index contributed by atoms with van der Waals surface area (Å²) in [7, 11) is 0. The summed E-state index contributed by atoms with van der Waals surface area (Å²) in [5, 5.41) is 3.16. The lowest BCUT2D eigenvalue weighted by molar-refractivity contribution is 0.678. The van der Waals surface area contributed by atoms with Gasteiger partial charge in [-0.15, -0.1) is 0 Å². The third-order valence-corrected chi connectivity index (χ3v) is 1.75. The fourth-order valence-electron chi connectivity index (χ4n) is 0.404. The monoisotopic (exact) mass is 218 g/mol. The van der Waals surface area contributed by atoms with Crippen LogP contribution in [0.1, 0.15) is 66.7 Å². The number of rotatable bonds is 6. The summed E-state index contributed by atoms with van der Waals surface area (Å²) < 4.78 is 0. The minimum atomic E-state index is 0.750. The van der Waals surface area contributed by atoms with Gasteiger partial charge in [0.25, 0.3) is 0 Å². The molecule has 2 heteroatoms. The van der Waals surface area contributed by atoms with Gasteiger partial charge in [0.1, 0.15) is 0 Å². The van der Waals surface area contributed by atoms with E-state index in [4.69, 9.17) is 5.73 Å². The van der Waals surface area contributed by atoms with Crippen molar-refractivity contribution in [1.82, 2.24) is 5.32 Å². The minimum absolute atomic E-state index is 0.750. The molecule has 0 fully saturated rings. The van der Waals surface area contributed by atoms with Crippen LogP contribution in [0.2, 0.25) is 0 Å². The molecule has 0 unspecified atom stereocenters. The van der Waals surface area contributed by atoms with Crippen LogP contribution in [0.4, 0.5) is 0 Å². The lowest BCUT2D eigenvalue weighted by Crippen LogP contribution is -2.22. The highest BCUT2D eigenvalue weighted by Gasteiger charge is 1.76. The van der Waals surface area contributed by atoms with E-state index in [1.54, 1.807) is 0 Å². The average molecular weight is 218 g/mol. The summed E-state index contributed by atoms with van der Waals surface area (Å²) in [4.78, 5) is 0. The van der Waals surface area contributed by atoms with Gasteiger partial charge >= 0.3 is 0 Å². The van der Waals surface area contributed by atoms with Crippen molar-refractivity contribution < 1.29 is 0 Å². The van der Waals surface area contributed by atoms with E-state index in [0.29, 0.717) is 0 Å². The lowest BCUT2D eigenvalue weighted by Gasteiger charge is -1.95. The molecule has 2 nitrogen and oxygen atoms in total. The maximum Gasteiger partial charge on any atom is 0.00744 e. The van der Waals surface area contributed by atoms with E-state index >= 15 is 0 Å². The van der Waals surface area contributed by atoms with E-state index in [-0.39, 0.29) is 0 Å². The van der Waals surface area contributed by atoms with Crippen molar-refractivity contribution in [2.45, 2.75) is 66.7 Å². The van der Waals surface area contributed by atoms with Gasteiger partial charge in [-0.1, -0.05) is 60.3 Å². The largest absolute Gasteiger partial charge is 0.329 e. The van der Waals surface area contributed by atoms with Crippen LogP contribution in [0.25, 0.3) is 0 Å². The second kappa shape index (κ2) is 29.2. The second-order valence-electron chi connectivity index (χ2n) is 3.54. The van der Waals surface area contributed by atoms with Crippen molar-refractivity contribution in [3.8, 4) is 0 Å². The van der Waals surface area contributed by atoms with Crippen LogP contribution in [0.15, 0.2) is 0 Å². The summed E-state index contributed by atoms with van der Waals surface area (Å²) in [6.07, 6.45) is 6.47. The Balaban J connectivity index is -0.000000155. The average Bonchev–Trinajstić information content (AvgIpc) is 2.30. The molecule has 96 valence electrons. The Bertz CT molecular complexity index is 53.6. The van der Waals surface area contributed by atoms with Gasteiger partial charge < -0.3 is 11.1 Å². The third-order valence-electron chi connectivity index (χ3n) is 1.75. The highest BCUT2D eigenvalue weighted by Crippen LogP contribution is 1.77. The standard InChI is InChI=1S/C5H14N2.2C4H10/c1-2-4-7-5-3-6;2*1-3-4-2/h7H,2-6H2,1H3;2*3-4H2,1-2H3. The first-order chi connectivity index (χ1) is 7.24. The molecule has 3 N–H and O–H groups in total. The van der Waals surface area contributed by atoms with Gasteiger partial charge in [0.2, 0.25) is 0 Å². The fraction of sp³-hybridized carbons (Fsp3) is 1.00. The molecule has 0 aliphatic carbocycles. The number of hydrogen-bond acceptors (Lipinski definition) is 2. The fourth-order valence-corrected chi connectivity index (χ4v) is 0.404. The molecule has 15 heavy (non-hydrogen) atoms. The molecule has 0 saturated carbocycles. The molecule has 0 heterocycles. The number of hydrogen-bond donors (Lipinski definition) is 2. The molecule has 0 aromatic carbocycles. The highest BCUT2D eigenvalue weighted by atomic mass is 14.9. The molecule has 0 radical (unpaired) electrons. The molecular formula is C13H34N2. The first-order valence-corrected chi connectivity index (χ1v) is 6.65. The Morgan fingerprint density at radius 3 is 1.27 bits per heavy atom. The first kappa shape index (κ1) is 20.3. The number of nitrogens with two attached hydrogens (primary N) is 1. The van der Waals surface area contributed by atoms with Crippen LogP contribution in [0, 0.1) is 0 Å². The van der Waals surface area contributed by atoms with E-state index in [1.165, 1.54) is 32.1 Å². The Labute approximate surface area is 98.0 Å². The molecule has 0 rings (SSSR count). The van der Waals surface area contributed by atoms with Crippen molar-refractivity contribution in [3.05, 3.63) is 0 Å². The topological polar surface area (TPSA) is 38.0 Å². The molecule has 0 amide bonds. The highest BCUT2D eigenvalue weighted by molar-refractivity contribution is 4.42. The molecule has 0 aromatic rings. The van der Waals surface area contributed by atoms with Crippen molar-refractivity contribution in [3.63, 3.8) is 0 Å². The quantitative estimate of drug-likeness (QED) is 0.669. The smallest absolute Gasteiger partial charge is 0.00744 e. The van der Waals surface area contributed by atoms with E-state index in [0.717, 1.165) is 19.6 Å². The van der Waals surface area contributed by atoms with Crippen LogP contribution in [0.3, 0.4) is 0 Å². The zero-order valence-electron chi connectivity index (χ0n) is 11.7. The van der Waals surface area contributed by atoms with Gasteiger partial charge in [-0.3, -0.25) is 0 Å². The molecule has 0 aliphatic heterocycles. The van der Waals surface area contributed by atoms with E-state index in [1.807, 2.05) is 0 Å². The van der Waals surface area contributed by atoms with Gasteiger partial charge in [0, 0.05) is 13.1 Å². The SMILES string of the molecule is CCCC.CCCC.CCCNCCN. The first-order valence-electron chi connectivity index (χ1n) is 6.65. The lowest BCUT2D eigenvalue weighted by atomic mass is 10.4. The Morgan fingerprint density at radius 1 is 0.667 bits per heavy atom. The Kier molecular flexibility index (Phi) is 39.6. The van der Waals surface area contributed by atoms with Gasteiger partial charge in [0.05, 0.1) is 0 Å². The van der Waals surface area contributed by atoms with Crippen molar-refractivity contribution >= 4 is 0 Å². The Hall–Kier alpha value is -0.0800. The summed E-state index contributed by atoms with van der Waals surface area (Å²) in [6, 6.07) is 0. The van der Waals surface area contributed by atoms with E-state index < -0.39 is 0 Å². The summed E-state index contributed by atoms with van der Waals surface area (Å²) in [5.74, 6) is 0. The molecule has 0 saturated heterocycles. The van der Waals surface area contributed by atoms with Gasteiger partial charge in [-0.2, -0.15) is 0 Å². The molecular weight excluding hydrogens is 184 g/mol. The van der Waals surface area contributed by atoms with Crippen LogP contribution < -0.4 is 11.1 Å². The van der Waals surface area contributed by atoms with E-state index in [9.17, 15) is 0 Å². The minimum Gasteiger partial charge on any atom is -0.329 e. The van der Waals surface area contributed by atoms with Gasteiger partial charge in [0.15, 0.2) is 0 Å². The Morgan fingerprint density at radius 2 is 1.07 bits per heavy atom. The van der Waals surface area contributed by atoms with Crippen LogP contribution in [0.5, 0.6) is 0 Å². The van der Waals surface area contributed by atoms with Gasteiger partial charge in [-0.25, -0.2) is 0 Å². The number of nitrogens with one attached hydrogen (secondary N) is 1. The maximum absolute atomic E-state index is 5.21. The summed E-state index contributed by atoms with van der Waals surface area (Å²) in [5.41, 5.74) is 5.21. The van der Waals surface area contributed by atoms with Crippen molar-refractivity contribution in [2.24, 2.45) is 5.73 Å². The zero-order valence-corrected chi connectivity index (χ0v) is 11.7. The van der Waals surface area contributed by atoms with Crippen LogP contribution in [-0.2, 0) is 0 Å². The molecule has 0 aliphatic rings. The predicted molar refractivity (Wildman–Crippen MR) is 73.4 cm³/mol. The van der Waals surface area contributed by atoms with Gasteiger partial charge in [-0.05, 0) is 13.0 Å². The molecule has 0 atom stereocenters. The number of unbranched alkanes of at least 4 members (excludes halogenated alkanes) is 2. The normalized spacial score (nSPS) is 8.40. The predicted octanol–water partition coefficient (Wildman–Crippen LogP) is 3.56. The van der Waals surface area contributed by atoms with Crippen LogP contribution in [-0.4, -0.2) is 19.6 Å². The summed E-state index contributed by atoms with van der Waals surface area (Å²) in [6.45, 7) is 13.7. The van der Waals surface area contributed by atoms with Crippen LogP contribution >= 0.6 is 0 Å². The molecule has 0 bridgehead atoms. The summed E-state index contributed by atoms with van der Waals surface area (Å²) >= 11 is 0. The zero-order chi connectivity index (χ0) is 12.4. The molecule has 0 aromatic heterocycles.